The van der Waals surface area contributed by atoms with Crippen molar-refractivity contribution in [2.75, 3.05) is 50.2 Å². The van der Waals surface area contributed by atoms with E-state index in [1.807, 2.05) is 29.2 Å². The fourth-order valence-corrected chi connectivity index (χ4v) is 6.39. The molecule has 1 amide bonds. The summed E-state index contributed by atoms with van der Waals surface area (Å²) < 4.78 is 75.1. The van der Waals surface area contributed by atoms with Crippen LogP contribution in [0, 0.1) is 6.08 Å². The van der Waals surface area contributed by atoms with Crippen molar-refractivity contribution in [2.45, 2.75) is 45.6 Å². The number of hydrogen-bond acceptors (Lipinski definition) is 9. The second-order valence-corrected chi connectivity index (χ2v) is 14.1. The minimum Gasteiger partial charge on any atom is -0.497 e. The molecule has 0 N–H and O–H groups in total. The van der Waals surface area contributed by atoms with Crippen molar-refractivity contribution in [2.24, 2.45) is 0 Å². The number of fused-ring (bicyclic) bond motifs is 1. The monoisotopic (exact) mass is 766 g/mol. The van der Waals surface area contributed by atoms with Crippen LogP contribution in [0.3, 0.4) is 0 Å². The molecular weight excluding hydrogens is 728 g/mol. The first kappa shape index (κ1) is 38.4. The SMILES string of the molecule is COc1ccc(CN(Cc2ccc(OC)cc2)c2ccc(C(F)(F)F)c(-c3cc4nc(F)nc(N5CCN(C(=O)OC(C)(C)C)CC5)c4cc3Cl)n2)cc1. The summed E-state index contributed by atoms with van der Waals surface area (Å²) in [5, 5.41) is 0.277. The lowest BCUT2D eigenvalue weighted by Crippen LogP contribution is -2.50. The van der Waals surface area contributed by atoms with E-state index in [1.54, 1.807) is 69.1 Å². The van der Waals surface area contributed by atoms with Crippen LogP contribution < -0.4 is 19.3 Å². The van der Waals surface area contributed by atoms with Crippen molar-refractivity contribution in [3.8, 4) is 22.8 Å². The molecule has 6 rings (SSSR count). The Labute approximate surface area is 315 Å². The van der Waals surface area contributed by atoms with Gasteiger partial charge in [-0.1, -0.05) is 35.9 Å². The van der Waals surface area contributed by atoms with E-state index in [0.29, 0.717) is 43.1 Å². The van der Waals surface area contributed by atoms with Crippen molar-refractivity contribution < 1.29 is 36.6 Å². The molecule has 284 valence electrons. The average molecular weight is 767 g/mol. The number of carbonyl (C=O) groups is 1. The number of benzene rings is 3. The first-order valence-electron chi connectivity index (χ1n) is 17.1. The average Bonchev–Trinajstić information content (AvgIpc) is 3.13. The van der Waals surface area contributed by atoms with E-state index in [0.717, 1.165) is 17.2 Å². The zero-order valence-corrected chi connectivity index (χ0v) is 31.1. The molecule has 1 saturated heterocycles. The van der Waals surface area contributed by atoms with Gasteiger partial charge in [0.2, 0.25) is 0 Å². The lowest BCUT2D eigenvalue weighted by atomic mass is 10.0. The van der Waals surface area contributed by atoms with E-state index < -0.39 is 35.2 Å². The molecule has 0 bridgehead atoms. The number of piperazine rings is 1. The molecule has 0 atom stereocenters. The van der Waals surface area contributed by atoms with Crippen LogP contribution in [0.2, 0.25) is 5.02 Å². The lowest BCUT2D eigenvalue weighted by molar-refractivity contribution is -0.137. The third-order valence-electron chi connectivity index (χ3n) is 8.80. The van der Waals surface area contributed by atoms with Gasteiger partial charge in [0.15, 0.2) is 0 Å². The van der Waals surface area contributed by atoms with Crippen molar-refractivity contribution in [3.63, 3.8) is 0 Å². The van der Waals surface area contributed by atoms with Gasteiger partial charge in [-0.15, -0.1) is 0 Å². The van der Waals surface area contributed by atoms with Crippen molar-refractivity contribution in [1.82, 2.24) is 19.9 Å². The molecule has 3 aromatic carbocycles. The van der Waals surface area contributed by atoms with Gasteiger partial charge in [0.25, 0.3) is 0 Å². The second-order valence-electron chi connectivity index (χ2n) is 13.7. The Balaban J connectivity index is 1.39. The quantitative estimate of drug-likeness (QED) is 0.108. The molecule has 1 aliphatic heterocycles. The smallest absolute Gasteiger partial charge is 0.418 e. The Kier molecular flexibility index (Phi) is 11.0. The maximum Gasteiger partial charge on any atom is 0.418 e. The van der Waals surface area contributed by atoms with Crippen LogP contribution in [-0.2, 0) is 24.0 Å². The highest BCUT2D eigenvalue weighted by molar-refractivity contribution is 6.34. The number of aromatic nitrogens is 3. The maximum atomic E-state index is 15.0. The molecule has 1 aliphatic rings. The van der Waals surface area contributed by atoms with Crippen LogP contribution in [0.1, 0.15) is 37.5 Å². The fourth-order valence-electron chi connectivity index (χ4n) is 6.13. The Hall–Kier alpha value is -5.37. The largest absolute Gasteiger partial charge is 0.497 e. The number of alkyl halides is 3. The third-order valence-corrected chi connectivity index (χ3v) is 9.11. The molecule has 2 aromatic heterocycles. The number of amides is 1. The highest BCUT2D eigenvalue weighted by Crippen LogP contribution is 2.42. The van der Waals surface area contributed by atoms with Crippen LogP contribution >= 0.6 is 11.6 Å². The van der Waals surface area contributed by atoms with Gasteiger partial charge in [0.05, 0.1) is 36.0 Å². The predicted molar refractivity (Wildman–Crippen MR) is 199 cm³/mol. The van der Waals surface area contributed by atoms with E-state index in [2.05, 4.69) is 15.0 Å². The van der Waals surface area contributed by atoms with Crippen LogP contribution in [0.5, 0.6) is 11.5 Å². The Bertz CT molecular complexity index is 2070. The number of nitrogens with zero attached hydrogens (tertiary/aromatic N) is 6. The third kappa shape index (κ3) is 8.87. The summed E-state index contributed by atoms with van der Waals surface area (Å²) in [6.45, 7) is 7.07. The molecule has 0 spiro atoms. The number of methoxy groups -OCH3 is 2. The summed E-state index contributed by atoms with van der Waals surface area (Å²) in [7, 11) is 3.12. The molecule has 0 aliphatic carbocycles. The number of halogens is 5. The van der Waals surface area contributed by atoms with Crippen molar-refractivity contribution >= 4 is 40.2 Å². The summed E-state index contributed by atoms with van der Waals surface area (Å²) in [6.07, 6.45) is -6.33. The first-order chi connectivity index (χ1) is 25.6. The number of hydrogen-bond donors (Lipinski definition) is 0. The highest BCUT2D eigenvalue weighted by atomic mass is 35.5. The van der Waals surface area contributed by atoms with Gasteiger partial charge in [-0.05, 0) is 80.4 Å². The van der Waals surface area contributed by atoms with E-state index in [-0.39, 0.29) is 40.8 Å². The Morgan fingerprint density at radius 3 is 1.91 bits per heavy atom. The van der Waals surface area contributed by atoms with Crippen LogP contribution in [-0.4, -0.2) is 71.9 Å². The second kappa shape index (κ2) is 15.5. The van der Waals surface area contributed by atoms with Gasteiger partial charge < -0.3 is 28.9 Å². The molecule has 0 radical (unpaired) electrons. The Morgan fingerprint density at radius 2 is 1.39 bits per heavy atom. The number of rotatable bonds is 9. The van der Waals surface area contributed by atoms with Crippen LogP contribution in [0.15, 0.2) is 72.8 Å². The summed E-state index contributed by atoms with van der Waals surface area (Å²) in [4.78, 5) is 30.4. The van der Waals surface area contributed by atoms with Crippen LogP contribution in [0.4, 0.5) is 34.0 Å². The van der Waals surface area contributed by atoms with E-state index >= 15 is 4.39 Å². The number of anilines is 2. The standard InChI is InChI=1S/C39H39ClF4N6O4/c1-38(2,3)54-37(51)49-18-16-48(17-19-49)35-29-20-31(40)28(21-32(29)45-36(41)47-35)34-30(39(42,43)44)14-15-33(46-34)50(22-24-6-10-26(52-4)11-7-24)23-25-8-12-27(53-5)13-9-25/h6-15,20-21H,16-19,22-23H2,1-5H3. The minimum absolute atomic E-state index is 0.0418. The zero-order valence-electron chi connectivity index (χ0n) is 30.4. The molecular formula is C39H39ClF4N6O4. The Morgan fingerprint density at radius 1 is 0.815 bits per heavy atom. The summed E-state index contributed by atoms with van der Waals surface area (Å²) in [5.74, 6) is 1.77. The molecule has 3 heterocycles. The van der Waals surface area contributed by atoms with Crippen LogP contribution in [0.25, 0.3) is 22.2 Å². The predicted octanol–water partition coefficient (Wildman–Crippen LogP) is 8.78. The topological polar surface area (TPSA) is 93.2 Å². The highest BCUT2D eigenvalue weighted by Gasteiger charge is 2.36. The molecule has 54 heavy (non-hydrogen) atoms. The van der Waals surface area contributed by atoms with E-state index in [9.17, 15) is 18.0 Å². The summed E-state index contributed by atoms with van der Waals surface area (Å²) in [5.41, 5.74) is -0.431. The fraction of sp³-hybridized carbons (Fsp3) is 0.333. The van der Waals surface area contributed by atoms with E-state index in [1.165, 1.54) is 18.2 Å². The first-order valence-corrected chi connectivity index (χ1v) is 17.5. The summed E-state index contributed by atoms with van der Waals surface area (Å²) in [6, 6.07) is 19.7. The normalized spacial score (nSPS) is 13.6. The van der Waals surface area contributed by atoms with Gasteiger partial charge in [-0.2, -0.15) is 22.5 Å². The van der Waals surface area contributed by atoms with Gasteiger partial charge in [0.1, 0.15) is 28.7 Å². The molecule has 0 saturated carbocycles. The molecule has 0 unspecified atom stereocenters. The van der Waals surface area contributed by atoms with Gasteiger partial charge in [-0.25, -0.2) is 14.8 Å². The zero-order chi connectivity index (χ0) is 38.8. The van der Waals surface area contributed by atoms with Crippen molar-refractivity contribution in [1.29, 1.82) is 0 Å². The minimum atomic E-state index is -4.80. The maximum absolute atomic E-state index is 15.0. The van der Waals surface area contributed by atoms with Gasteiger partial charge in [-0.3, -0.25) is 0 Å². The van der Waals surface area contributed by atoms with Crippen molar-refractivity contribution in [3.05, 3.63) is 101 Å². The lowest BCUT2D eigenvalue weighted by Gasteiger charge is -2.36. The molecule has 1 fully saturated rings. The number of carbonyl (C=O) groups excluding carboxylic acids is 1. The number of pyridine rings is 1. The summed E-state index contributed by atoms with van der Waals surface area (Å²) >= 11 is 6.80. The molecule has 5 aromatic rings. The number of ether oxygens (including phenoxy) is 3. The molecule has 15 heteroatoms. The molecule has 10 nitrogen and oxygen atoms in total. The van der Waals surface area contributed by atoms with Gasteiger partial charge in [0, 0.05) is 50.2 Å². The van der Waals surface area contributed by atoms with E-state index in [4.69, 9.17) is 25.8 Å². The van der Waals surface area contributed by atoms with Gasteiger partial charge >= 0.3 is 18.3 Å².